The average molecular weight is 639 g/mol. The number of hydrogen-bond acceptors (Lipinski definition) is 6. The molecule has 2 N–H and O–H groups in total. The minimum Gasteiger partial charge on any atom is -0.490 e. The quantitative estimate of drug-likeness (QED) is 0.391. The number of rotatable bonds is 2. The highest BCUT2D eigenvalue weighted by Crippen LogP contribution is 2.47. The van der Waals surface area contributed by atoms with Crippen LogP contribution >= 0.6 is 11.6 Å². The van der Waals surface area contributed by atoms with Crippen molar-refractivity contribution in [2.24, 2.45) is 23.7 Å². The molecule has 1 spiro atoms. The molecule has 9 heteroatoms. The molecule has 0 unspecified atom stereocenters. The minimum absolute atomic E-state index is 0.168. The van der Waals surface area contributed by atoms with E-state index in [9.17, 15) is 18.3 Å². The molecule has 2 heterocycles. The van der Waals surface area contributed by atoms with Crippen molar-refractivity contribution < 1.29 is 23.1 Å². The van der Waals surface area contributed by atoms with E-state index in [1.807, 2.05) is 31.2 Å². The Kier molecular flexibility index (Phi) is 7.99. The van der Waals surface area contributed by atoms with Crippen molar-refractivity contribution in [3.8, 4) is 5.75 Å². The number of nitrogens with one attached hydrogen (secondary N) is 1. The molecule has 236 valence electrons. The van der Waals surface area contributed by atoms with Crippen molar-refractivity contribution in [1.82, 2.24) is 4.72 Å². The van der Waals surface area contributed by atoms with E-state index in [4.69, 9.17) is 16.3 Å². The number of carbonyl (C=O) groups is 1. The van der Waals surface area contributed by atoms with Gasteiger partial charge in [0.05, 0.1) is 23.6 Å². The van der Waals surface area contributed by atoms with Crippen molar-refractivity contribution in [2.45, 2.75) is 81.5 Å². The van der Waals surface area contributed by atoms with Crippen LogP contribution in [0.1, 0.15) is 79.8 Å². The normalized spacial score (nSPS) is 34.0. The molecule has 2 aromatic rings. The number of halogens is 1. The summed E-state index contributed by atoms with van der Waals surface area (Å²) in [6, 6.07) is 11.5. The summed E-state index contributed by atoms with van der Waals surface area (Å²) in [5.74, 6) is 0.662. The molecule has 7 rings (SSSR count). The second kappa shape index (κ2) is 11.7. The first-order valence-electron chi connectivity index (χ1n) is 16.3. The van der Waals surface area contributed by atoms with E-state index in [0.29, 0.717) is 49.1 Å². The fourth-order valence-electron chi connectivity index (χ4n) is 8.17. The molecule has 2 aromatic carbocycles. The van der Waals surface area contributed by atoms with Crippen molar-refractivity contribution in [1.29, 1.82) is 0 Å². The lowest BCUT2D eigenvalue weighted by molar-refractivity contribution is 0.0177. The third-order valence-corrected chi connectivity index (χ3v) is 13.1. The van der Waals surface area contributed by atoms with Crippen LogP contribution in [0.2, 0.25) is 5.02 Å². The van der Waals surface area contributed by atoms with E-state index in [1.54, 1.807) is 12.1 Å². The van der Waals surface area contributed by atoms with E-state index in [0.717, 1.165) is 62.2 Å². The molecule has 5 aliphatic rings. The topological polar surface area (TPSA) is 95.9 Å². The summed E-state index contributed by atoms with van der Waals surface area (Å²) in [4.78, 5) is 15.9. The predicted octanol–water partition coefficient (Wildman–Crippen LogP) is 6.02. The standard InChI is InChI=1S/C35H43ClN2O5S/c1-22-4-2-6-31(39)28-12-9-26(28)19-38-20-35(15-3-5-24-17-27(36)11-13-29(24)35)21-43-32-14-10-25(18-30(32)38)34(40)37-44(41,42)33(22)16-23-7-8-23/h2,4,10-11,13-14,17-18,22-23,26,28,31,33,39H,3,5-9,12,15-16,19-21H2,1H3,(H,37,40)/b4-2-/t22-,26+,28-,31+,33-,35+/m1/s1. The van der Waals surface area contributed by atoms with E-state index in [1.165, 1.54) is 11.1 Å². The van der Waals surface area contributed by atoms with Gasteiger partial charge in [-0.2, -0.15) is 0 Å². The van der Waals surface area contributed by atoms with Gasteiger partial charge >= 0.3 is 0 Å². The van der Waals surface area contributed by atoms with Gasteiger partial charge in [0.1, 0.15) is 5.75 Å². The van der Waals surface area contributed by atoms with E-state index in [-0.39, 0.29) is 17.3 Å². The monoisotopic (exact) mass is 638 g/mol. The van der Waals surface area contributed by atoms with Crippen LogP contribution < -0.4 is 14.4 Å². The summed E-state index contributed by atoms with van der Waals surface area (Å²) in [6.07, 6.45) is 11.5. The number of ether oxygens (including phenoxy) is 1. The van der Waals surface area contributed by atoms with Gasteiger partial charge in [-0.3, -0.25) is 4.79 Å². The number of benzene rings is 2. The fraction of sp³-hybridized carbons (Fsp3) is 0.571. The molecule has 2 fully saturated rings. The number of nitrogens with zero attached hydrogens (tertiary/aromatic N) is 1. The Balaban J connectivity index is 1.28. The van der Waals surface area contributed by atoms with Crippen LogP contribution in [-0.2, 0) is 21.9 Å². The highest BCUT2D eigenvalue weighted by atomic mass is 35.5. The number of hydrogen-bond donors (Lipinski definition) is 2. The third-order valence-electron chi connectivity index (χ3n) is 11.0. The maximum absolute atomic E-state index is 13.7. The van der Waals surface area contributed by atoms with Gasteiger partial charge in [0, 0.05) is 29.1 Å². The van der Waals surface area contributed by atoms with Gasteiger partial charge in [-0.1, -0.05) is 49.6 Å². The number of allylic oxidation sites excluding steroid dienone is 1. The molecule has 1 amide bonds. The number of sulfonamides is 1. The van der Waals surface area contributed by atoms with Crippen LogP contribution in [0.15, 0.2) is 48.6 Å². The molecule has 6 atom stereocenters. The summed E-state index contributed by atoms with van der Waals surface area (Å²) < 4.78 is 36.4. The SMILES string of the molecule is C[C@@H]1/C=C\C[C@H](O)[C@@H]2CC[C@H]2CN2C[C@@]3(CCCc4cc(Cl)ccc43)COc3ccc(cc32)C(=O)NS(=O)(=O)[C@@H]1CC1CC1. The summed E-state index contributed by atoms with van der Waals surface area (Å²) in [7, 11) is -3.94. The fourth-order valence-corrected chi connectivity index (χ4v) is 10.1. The van der Waals surface area contributed by atoms with E-state index >= 15 is 0 Å². The molecule has 0 saturated heterocycles. The lowest BCUT2D eigenvalue weighted by atomic mass is 9.68. The first-order chi connectivity index (χ1) is 21.1. The third kappa shape index (κ3) is 5.78. The Labute approximate surface area is 266 Å². The summed E-state index contributed by atoms with van der Waals surface area (Å²) in [6.45, 7) is 3.85. The highest BCUT2D eigenvalue weighted by Gasteiger charge is 2.44. The average Bonchev–Trinajstić information content (AvgIpc) is 3.81. The van der Waals surface area contributed by atoms with Gasteiger partial charge in [0.25, 0.3) is 5.91 Å². The second-order valence-corrected chi connectivity index (χ2v) is 16.4. The molecule has 3 aliphatic carbocycles. The Bertz CT molecular complexity index is 1570. The van der Waals surface area contributed by atoms with Gasteiger partial charge in [0.15, 0.2) is 0 Å². The largest absolute Gasteiger partial charge is 0.490 e. The van der Waals surface area contributed by atoms with Crippen molar-refractivity contribution >= 4 is 33.2 Å². The molecular formula is C35H43ClN2O5S. The zero-order chi connectivity index (χ0) is 30.6. The number of amides is 1. The van der Waals surface area contributed by atoms with Gasteiger partial charge < -0.3 is 14.7 Å². The highest BCUT2D eigenvalue weighted by molar-refractivity contribution is 7.90. The van der Waals surface area contributed by atoms with Crippen molar-refractivity contribution in [3.63, 3.8) is 0 Å². The van der Waals surface area contributed by atoms with Crippen LogP contribution in [0.25, 0.3) is 0 Å². The van der Waals surface area contributed by atoms with Crippen LogP contribution in [0.4, 0.5) is 5.69 Å². The van der Waals surface area contributed by atoms with Crippen molar-refractivity contribution in [3.05, 3.63) is 70.3 Å². The van der Waals surface area contributed by atoms with Gasteiger partial charge in [0.2, 0.25) is 10.0 Å². The first-order valence-corrected chi connectivity index (χ1v) is 18.3. The summed E-state index contributed by atoms with van der Waals surface area (Å²) in [5.41, 5.74) is 3.39. The van der Waals surface area contributed by atoms with Gasteiger partial charge in [-0.05, 0) is 110 Å². The number of aryl methyl sites for hydroxylation is 1. The first kappa shape index (κ1) is 30.1. The number of aliphatic hydroxyl groups excluding tert-OH is 1. The lowest BCUT2D eigenvalue weighted by Crippen LogP contribution is -2.49. The van der Waals surface area contributed by atoms with E-state index in [2.05, 4.69) is 21.8 Å². The molecule has 0 aromatic heterocycles. The maximum atomic E-state index is 13.7. The van der Waals surface area contributed by atoms with Gasteiger partial charge in [-0.15, -0.1) is 0 Å². The molecule has 2 saturated carbocycles. The number of fused-ring (bicyclic) bond motifs is 4. The predicted molar refractivity (Wildman–Crippen MR) is 173 cm³/mol. The van der Waals surface area contributed by atoms with Crippen LogP contribution in [0, 0.1) is 23.7 Å². The number of anilines is 1. The molecule has 2 aliphatic heterocycles. The molecule has 44 heavy (non-hydrogen) atoms. The zero-order valence-electron chi connectivity index (χ0n) is 25.4. The number of carbonyl (C=O) groups excluding carboxylic acids is 1. The smallest absolute Gasteiger partial charge is 0.264 e. The zero-order valence-corrected chi connectivity index (χ0v) is 27.0. The lowest BCUT2D eigenvalue weighted by Gasteiger charge is -2.45. The maximum Gasteiger partial charge on any atom is 0.264 e. The van der Waals surface area contributed by atoms with Crippen molar-refractivity contribution in [2.75, 3.05) is 24.6 Å². The molecular weight excluding hydrogens is 596 g/mol. The van der Waals surface area contributed by atoms with E-state index < -0.39 is 27.3 Å². The molecule has 0 radical (unpaired) electrons. The number of aliphatic hydroxyl groups is 1. The second-order valence-electron chi connectivity index (χ2n) is 14.1. The molecule has 2 bridgehead atoms. The van der Waals surface area contributed by atoms with Crippen LogP contribution in [0.3, 0.4) is 0 Å². The Morgan fingerprint density at radius 2 is 1.98 bits per heavy atom. The van der Waals surface area contributed by atoms with Crippen LogP contribution in [0.5, 0.6) is 5.75 Å². The van der Waals surface area contributed by atoms with Crippen LogP contribution in [-0.4, -0.2) is 50.5 Å². The Hall–Kier alpha value is -2.55. The Morgan fingerprint density at radius 3 is 2.75 bits per heavy atom. The van der Waals surface area contributed by atoms with Gasteiger partial charge in [-0.25, -0.2) is 13.1 Å². The molecule has 7 nitrogen and oxygen atoms in total. The summed E-state index contributed by atoms with van der Waals surface area (Å²) >= 11 is 6.41. The minimum atomic E-state index is -3.94. The Morgan fingerprint density at radius 1 is 1.14 bits per heavy atom. The summed E-state index contributed by atoms with van der Waals surface area (Å²) in [5, 5.41) is 11.3.